The second-order valence-electron chi connectivity index (χ2n) is 4.32. The Bertz CT molecular complexity index is 625. The van der Waals surface area contributed by atoms with Gasteiger partial charge < -0.3 is 16.2 Å². The molecule has 5 N–H and O–H groups in total. The van der Waals surface area contributed by atoms with Crippen LogP contribution in [0.2, 0.25) is 0 Å². The first-order chi connectivity index (χ1) is 9.76. The van der Waals surface area contributed by atoms with E-state index in [2.05, 4.69) is 15.0 Å². The number of aryl methyl sites for hydroxylation is 1. The van der Waals surface area contributed by atoms with Gasteiger partial charge >= 0.3 is 5.97 Å². The minimum absolute atomic E-state index is 0.0506. The maximum absolute atomic E-state index is 12.0. The molecule has 116 valence electrons. The number of hydrogen-bond donors (Lipinski definition) is 4. The Balaban J connectivity index is 2.79. The SMILES string of the molecule is CNC(CN=C(N)NS(=O)(=O)c1ccc(C)cc1)C(=O)O. The van der Waals surface area contributed by atoms with Crippen LogP contribution < -0.4 is 15.8 Å². The molecule has 0 aliphatic heterocycles. The van der Waals surface area contributed by atoms with E-state index < -0.39 is 22.0 Å². The van der Waals surface area contributed by atoms with E-state index in [1.54, 1.807) is 12.1 Å². The van der Waals surface area contributed by atoms with Gasteiger partial charge in [0.15, 0.2) is 0 Å². The van der Waals surface area contributed by atoms with Gasteiger partial charge in [-0.2, -0.15) is 0 Å². The van der Waals surface area contributed by atoms with Crippen molar-refractivity contribution in [1.29, 1.82) is 0 Å². The van der Waals surface area contributed by atoms with Gasteiger partial charge in [-0.15, -0.1) is 0 Å². The van der Waals surface area contributed by atoms with Gasteiger partial charge in [-0.1, -0.05) is 17.7 Å². The Morgan fingerprint density at radius 1 is 1.38 bits per heavy atom. The molecule has 0 saturated carbocycles. The van der Waals surface area contributed by atoms with Crippen molar-refractivity contribution in [3.05, 3.63) is 29.8 Å². The molecular formula is C12H18N4O4S. The summed E-state index contributed by atoms with van der Waals surface area (Å²) in [5.41, 5.74) is 6.39. The number of nitrogens with two attached hydrogens (primary N) is 1. The quantitative estimate of drug-likeness (QED) is 0.403. The van der Waals surface area contributed by atoms with Gasteiger partial charge in [-0.25, -0.2) is 13.1 Å². The number of benzene rings is 1. The molecule has 1 unspecified atom stereocenters. The normalized spacial score (nSPS) is 13.7. The molecule has 0 aromatic heterocycles. The van der Waals surface area contributed by atoms with Crippen molar-refractivity contribution in [3.8, 4) is 0 Å². The molecule has 1 aromatic carbocycles. The first kappa shape index (κ1) is 16.9. The van der Waals surface area contributed by atoms with Crippen molar-refractivity contribution in [3.63, 3.8) is 0 Å². The highest BCUT2D eigenvalue weighted by atomic mass is 32.2. The third-order valence-corrected chi connectivity index (χ3v) is 4.03. The summed E-state index contributed by atoms with van der Waals surface area (Å²) in [5, 5.41) is 11.3. The number of aliphatic imine (C=N–C) groups is 1. The number of likely N-dealkylation sites (N-methyl/N-ethyl adjacent to an activating group) is 1. The predicted molar refractivity (Wildman–Crippen MR) is 78.5 cm³/mol. The van der Waals surface area contributed by atoms with Crippen LogP contribution in [0.25, 0.3) is 0 Å². The molecule has 0 spiro atoms. The molecule has 0 heterocycles. The van der Waals surface area contributed by atoms with E-state index in [4.69, 9.17) is 10.8 Å². The third kappa shape index (κ3) is 5.04. The summed E-state index contributed by atoms with van der Waals surface area (Å²) < 4.78 is 26.1. The van der Waals surface area contributed by atoms with Crippen LogP contribution in [-0.2, 0) is 14.8 Å². The van der Waals surface area contributed by atoms with E-state index in [0.29, 0.717) is 0 Å². The fourth-order valence-corrected chi connectivity index (χ4v) is 2.38. The van der Waals surface area contributed by atoms with Crippen LogP contribution in [0.3, 0.4) is 0 Å². The van der Waals surface area contributed by atoms with Gasteiger partial charge in [0.05, 0.1) is 11.4 Å². The molecule has 0 aliphatic rings. The summed E-state index contributed by atoms with van der Waals surface area (Å²) in [6.07, 6.45) is 0. The van der Waals surface area contributed by atoms with E-state index in [1.165, 1.54) is 19.2 Å². The van der Waals surface area contributed by atoms with E-state index in [9.17, 15) is 13.2 Å². The number of carboxylic acid groups (broad SMARTS) is 1. The van der Waals surface area contributed by atoms with Gasteiger partial charge in [0, 0.05) is 0 Å². The van der Waals surface area contributed by atoms with Gasteiger partial charge in [0.25, 0.3) is 10.0 Å². The second-order valence-corrected chi connectivity index (χ2v) is 6.01. The first-order valence-corrected chi connectivity index (χ1v) is 7.54. The highest BCUT2D eigenvalue weighted by Crippen LogP contribution is 2.09. The maximum atomic E-state index is 12.0. The summed E-state index contributed by atoms with van der Waals surface area (Å²) >= 11 is 0. The molecule has 9 heteroatoms. The van der Waals surface area contributed by atoms with Crippen molar-refractivity contribution in [2.75, 3.05) is 13.6 Å². The molecule has 0 bridgehead atoms. The van der Waals surface area contributed by atoms with Gasteiger partial charge in [-0.3, -0.25) is 9.79 Å². The first-order valence-electron chi connectivity index (χ1n) is 6.05. The Labute approximate surface area is 123 Å². The average Bonchev–Trinajstić information content (AvgIpc) is 2.38. The lowest BCUT2D eigenvalue weighted by molar-refractivity contribution is -0.139. The second kappa shape index (κ2) is 7.04. The van der Waals surface area contributed by atoms with Crippen LogP contribution in [-0.4, -0.2) is 45.1 Å². The summed E-state index contributed by atoms with van der Waals surface area (Å²) in [6.45, 7) is 1.65. The number of nitrogens with zero attached hydrogens (tertiary/aromatic N) is 1. The van der Waals surface area contributed by atoms with Crippen LogP contribution in [0.4, 0.5) is 0 Å². The largest absolute Gasteiger partial charge is 0.480 e. The minimum atomic E-state index is -3.82. The van der Waals surface area contributed by atoms with Gasteiger partial charge in [0.2, 0.25) is 5.96 Å². The molecule has 0 saturated heterocycles. The van der Waals surface area contributed by atoms with Crippen LogP contribution >= 0.6 is 0 Å². The highest BCUT2D eigenvalue weighted by molar-refractivity contribution is 7.90. The Kier molecular flexibility index (Phi) is 5.68. The fourth-order valence-electron chi connectivity index (χ4n) is 1.43. The third-order valence-electron chi connectivity index (χ3n) is 2.66. The topological polar surface area (TPSA) is 134 Å². The fraction of sp³-hybridized carbons (Fsp3) is 0.333. The smallest absolute Gasteiger partial charge is 0.322 e. The average molecular weight is 314 g/mol. The maximum Gasteiger partial charge on any atom is 0.322 e. The van der Waals surface area contributed by atoms with Gasteiger partial charge in [0.1, 0.15) is 6.04 Å². The van der Waals surface area contributed by atoms with Crippen LogP contribution in [0.5, 0.6) is 0 Å². The van der Waals surface area contributed by atoms with E-state index in [0.717, 1.165) is 5.56 Å². The zero-order valence-electron chi connectivity index (χ0n) is 11.7. The van der Waals surface area contributed by atoms with Crippen molar-refractivity contribution < 1.29 is 18.3 Å². The number of aliphatic carboxylic acids is 1. The van der Waals surface area contributed by atoms with E-state index in [1.807, 2.05) is 6.92 Å². The van der Waals surface area contributed by atoms with Crippen LogP contribution in [0.1, 0.15) is 5.56 Å². The predicted octanol–water partition coefficient (Wildman–Crippen LogP) is -0.739. The number of carboxylic acids is 1. The van der Waals surface area contributed by atoms with Crippen molar-refractivity contribution in [2.45, 2.75) is 17.9 Å². The lowest BCUT2D eigenvalue weighted by Crippen LogP contribution is -2.40. The van der Waals surface area contributed by atoms with Gasteiger partial charge in [-0.05, 0) is 26.1 Å². The molecule has 8 nitrogen and oxygen atoms in total. The molecule has 1 aromatic rings. The number of guanidine groups is 1. The van der Waals surface area contributed by atoms with Crippen molar-refractivity contribution in [2.24, 2.45) is 10.7 Å². The van der Waals surface area contributed by atoms with Crippen LogP contribution in [0.15, 0.2) is 34.2 Å². The lowest BCUT2D eigenvalue weighted by atomic mass is 10.2. The molecule has 0 amide bonds. The van der Waals surface area contributed by atoms with Crippen molar-refractivity contribution >= 4 is 22.0 Å². The molecule has 1 atom stereocenters. The lowest BCUT2D eigenvalue weighted by Gasteiger charge is -2.10. The monoisotopic (exact) mass is 314 g/mol. The Morgan fingerprint density at radius 3 is 2.43 bits per heavy atom. The number of hydrogen-bond acceptors (Lipinski definition) is 5. The highest BCUT2D eigenvalue weighted by Gasteiger charge is 2.17. The standard InChI is InChI=1S/C12H18N4O4S/c1-8-3-5-9(6-4-8)21(19,20)16-12(13)15-7-10(14-2)11(17)18/h3-6,10,14H,7H2,1-2H3,(H,17,18)(H3,13,15,16). The number of nitrogens with one attached hydrogen (secondary N) is 2. The van der Waals surface area contributed by atoms with E-state index in [-0.39, 0.29) is 17.4 Å². The summed E-state index contributed by atoms with van der Waals surface area (Å²) in [5.74, 6) is -1.47. The molecule has 0 fully saturated rings. The molecule has 1 rings (SSSR count). The summed E-state index contributed by atoms with van der Waals surface area (Å²) in [7, 11) is -2.37. The minimum Gasteiger partial charge on any atom is -0.480 e. The molecular weight excluding hydrogens is 296 g/mol. The Hall–Kier alpha value is -2.13. The number of rotatable bonds is 6. The van der Waals surface area contributed by atoms with Crippen LogP contribution in [0, 0.1) is 6.92 Å². The summed E-state index contributed by atoms with van der Waals surface area (Å²) in [6, 6.07) is 5.26. The van der Waals surface area contributed by atoms with Crippen molar-refractivity contribution in [1.82, 2.24) is 10.0 Å². The molecule has 21 heavy (non-hydrogen) atoms. The Morgan fingerprint density at radius 2 is 1.95 bits per heavy atom. The molecule has 0 radical (unpaired) electrons. The van der Waals surface area contributed by atoms with E-state index >= 15 is 0 Å². The zero-order chi connectivity index (χ0) is 16.0. The summed E-state index contributed by atoms with van der Waals surface area (Å²) in [4.78, 5) is 14.5. The molecule has 0 aliphatic carbocycles. The number of sulfonamides is 1. The number of carbonyl (C=O) groups is 1. The zero-order valence-corrected chi connectivity index (χ0v) is 12.5.